The Morgan fingerprint density at radius 1 is 0.320 bits per heavy atom. The molecule has 97 heavy (non-hydrogen) atoms. The number of alkyl carbamates (subject to hydrolysis) is 1. The van der Waals surface area contributed by atoms with Crippen molar-refractivity contribution in [1.82, 2.24) is 10.2 Å². The van der Waals surface area contributed by atoms with Gasteiger partial charge >= 0.3 is 47.9 Å². The molecule has 18 heteroatoms. The molecule has 1 amide bonds. The number of likely N-dealkylation sites (tertiary alicyclic amines) is 1. The van der Waals surface area contributed by atoms with E-state index >= 15 is 0 Å². The average molecular weight is 1380 g/mol. The fourth-order valence-electron chi connectivity index (χ4n) is 12.2. The summed E-state index contributed by atoms with van der Waals surface area (Å²) in [6.07, 6.45) is 41.8. The van der Waals surface area contributed by atoms with Gasteiger partial charge in [0.1, 0.15) is 37.9 Å². The van der Waals surface area contributed by atoms with Gasteiger partial charge in [0.05, 0.1) is 18.3 Å². The summed E-state index contributed by atoms with van der Waals surface area (Å²) in [5.74, 6) is -2.86. The first-order valence-corrected chi connectivity index (χ1v) is 39.9. The summed E-state index contributed by atoms with van der Waals surface area (Å²) in [6.45, 7) is 16.2. The van der Waals surface area contributed by atoms with Crippen molar-refractivity contribution in [1.29, 1.82) is 0 Å². The molecular formula is C79H144N2O16. The van der Waals surface area contributed by atoms with Crippen molar-refractivity contribution in [3.8, 4) is 0 Å². The number of unbranched alkanes of at least 4 members (excludes halogenated alkanes) is 30. The second-order valence-electron chi connectivity index (χ2n) is 28.4. The van der Waals surface area contributed by atoms with Crippen molar-refractivity contribution in [2.24, 2.45) is 5.41 Å². The number of carbonyl (C=O) groups is 8. The Balaban J connectivity index is 3.13. The number of nitrogens with zero attached hydrogens (tertiary/aromatic N) is 1. The maximum Gasteiger partial charge on any atom is 0.407 e. The Morgan fingerprint density at radius 2 is 0.588 bits per heavy atom. The minimum Gasteiger partial charge on any atom is -0.465 e. The number of amides is 1. The van der Waals surface area contributed by atoms with Crippen LogP contribution < -0.4 is 5.32 Å². The molecule has 0 spiro atoms. The summed E-state index contributed by atoms with van der Waals surface area (Å²) in [4.78, 5) is 108. The topological polar surface area (TPSA) is 226 Å². The first kappa shape index (κ1) is 90.5. The van der Waals surface area contributed by atoms with Crippen LogP contribution in [0.3, 0.4) is 0 Å². The fourth-order valence-corrected chi connectivity index (χ4v) is 12.2. The minimum absolute atomic E-state index is 0.0624. The predicted octanol–water partition coefficient (Wildman–Crippen LogP) is 19.3. The molecule has 4 atom stereocenters. The number of carbonyl (C=O) groups excluding carboxylic acids is 8. The number of ether oxygens (including phenoxy) is 8. The van der Waals surface area contributed by atoms with Gasteiger partial charge < -0.3 is 48.1 Å². The van der Waals surface area contributed by atoms with E-state index in [0.29, 0.717) is 109 Å². The zero-order valence-electron chi connectivity index (χ0n) is 63.0. The van der Waals surface area contributed by atoms with Gasteiger partial charge in [0.15, 0.2) is 0 Å². The standard InChI is InChI=1S/C79H144N2O16/c1-8-12-16-20-23-26-35-47-67(5)94-75(86)54-42-32-29-39-51-71(82)90-63-79(64-91-72(83)52-40-30-33-43-55-76(87)95-68(6)48-36-27-24-21-17-13-9-2,65-92-73(84)53-41-31-34-44-56-77(88)96-69(7)49-37-28-25-22-18-14-10-3)66-93-74(85)58-57-70(50-38-19-15-11-4)97-78(89)80-59-62-81-60-45-46-61-81/h67-70H,8-66H2,1-7H3,(H,80,89). The summed E-state index contributed by atoms with van der Waals surface area (Å²) in [5.41, 5.74) is -1.49. The van der Waals surface area contributed by atoms with Gasteiger partial charge in [0.2, 0.25) is 0 Å². The molecule has 0 aromatic heterocycles. The normalized spacial score (nSPS) is 14.2. The van der Waals surface area contributed by atoms with E-state index in [4.69, 9.17) is 37.9 Å². The van der Waals surface area contributed by atoms with Gasteiger partial charge in [-0.3, -0.25) is 33.6 Å². The highest BCUT2D eigenvalue weighted by molar-refractivity contribution is 5.72. The molecule has 0 saturated carbocycles. The summed E-state index contributed by atoms with van der Waals surface area (Å²) < 4.78 is 46.6. The molecule has 4 unspecified atom stereocenters. The molecule has 566 valence electrons. The highest BCUT2D eigenvalue weighted by Gasteiger charge is 2.38. The number of rotatable bonds is 68. The first-order valence-electron chi connectivity index (χ1n) is 39.9. The van der Waals surface area contributed by atoms with Crippen LogP contribution in [0.1, 0.15) is 376 Å². The lowest BCUT2D eigenvalue weighted by Gasteiger charge is -2.31. The van der Waals surface area contributed by atoms with Crippen molar-refractivity contribution in [3.63, 3.8) is 0 Å². The Bertz CT molecular complexity index is 1820. The minimum atomic E-state index is -1.49. The van der Waals surface area contributed by atoms with Crippen LogP contribution in [0.2, 0.25) is 0 Å². The van der Waals surface area contributed by atoms with Gasteiger partial charge in [0, 0.05) is 58.0 Å². The first-order chi connectivity index (χ1) is 47.0. The second kappa shape index (κ2) is 63.7. The number of hydrogen-bond acceptors (Lipinski definition) is 17. The Morgan fingerprint density at radius 3 is 0.918 bits per heavy atom. The molecule has 0 aromatic rings. The predicted molar refractivity (Wildman–Crippen MR) is 386 cm³/mol. The average Bonchev–Trinajstić information content (AvgIpc) is 1.36. The van der Waals surface area contributed by atoms with Crippen LogP contribution in [0.15, 0.2) is 0 Å². The van der Waals surface area contributed by atoms with Crippen LogP contribution in [0.4, 0.5) is 4.79 Å². The molecular weight excluding hydrogens is 1230 g/mol. The van der Waals surface area contributed by atoms with Crippen LogP contribution >= 0.6 is 0 Å². The Kier molecular flexibility index (Phi) is 59.4. The molecule has 0 radical (unpaired) electrons. The van der Waals surface area contributed by atoms with Crippen LogP contribution in [0.25, 0.3) is 0 Å². The lowest BCUT2D eigenvalue weighted by atomic mass is 9.92. The van der Waals surface area contributed by atoms with E-state index in [2.05, 4.69) is 37.9 Å². The van der Waals surface area contributed by atoms with E-state index in [9.17, 15) is 38.4 Å². The smallest absolute Gasteiger partial charge is 0.407 e. The van der Waals surface area contributed by atoms with Crippen LogP contribution in [0, 0.1) is 5.41 Å². The van der Waals surface area contributed by atoms with Gasteiger partial charge in [-0.1, -0.05) is 201 Å². The Hall–Kier alpha value is -4.48. The fraction of sp³-hybridized carbons (Fsp3) is 0.899. The van der Waals surface area contributed by atoms with Crippen molar-refractivity contribution < 1.29 is 76.3 Å². The van der Waals surface area contributed by atoms with Crippen LogP contribution in [0.5, 0.6) is 0 Å². The van der Waals surface area contributed by atoms with Gasteiger partial charge in [-0.25, -0.2) is 4.79 Å². The molecule has 1 aliphatic rings. The molecule has 0 bridgehead atoms. The molecule has 1 N–H and O–H groups in total. The molecule has 0 aromatic carbocycles. The lowest BCUT2D eigenvalue weighted by molar-refractivity contribution is -0.171. The van der Waals surface area contributed by atoms with Crippen molar-refractivity contribution in [2.45, 2.75) is 400 Å². The van der Waals surface area contributed by atoms with E-state index in [1.165, 1.54) is 96.3 Å². The molecule has 18 nitrogen and oxygen atoms in total. The molecule has 0 aliphatic carbocycles. The molecule has 1 aliphatic heterocycles. The van der Waals surface area contributed by atoms with Crippen LogP contribution in [-0.4, -0.2) is 130 Å². The van der Waals surface area contributed by atoms with E-state index in [1.807, 2.05) is 20.8 Å². The number of nitrogens with one attached hydrogen (secondary N) is 1. The highest BCUT2D eigenvalue weighted by atomic mass is 16.6. The van der Waals surface area contributed by atoms with E-state index in [1.54, 1.807) is 0 Å². The summed E-state index contributed by atoms with van der Waals surface area (Å²) in [6, 6.07) is 0. The quantitative estimate of drug-likeness (QED) is 0.0339. The second-order valence-corrected chi connectivity index (χ2v) is 28.4. The highest BCUT2D eigenvalue weighted by Crippen LogP contribution is 2.25. The van der Waals surface area contributed by atoms with Crippen molar-refractivity contribution in [3.05, 3.63) is 0 Å². The maximum atomic E-state index is 13.8. The largest absolute Gasteiger partial charge is 0.465 e. The maximum absolute atomic E-state index is 13.8. The van der Waals surface area contributed by atoms with Crippen molar-refractivity contribution >= 4 is 47.9 Å². The van der Waals surface area contributed by atoms with Gasteiger partial charge in [-0.2, -0.15) is 0 Å². The van der Waals surface area contributed by atoms with E-state index < -0.39 is 67.9 Å². The van der Waals surface area contributed by atoms with Crippen LogP contribution in [-0.2, 0) is 71.5 Å². The van der Waals surface area contributed by atoms with Crippen molar-refractivity contribution in [2.75, 3.05) is 52.6 Å². The summed E-state index contributed by atoms with van der Waals surface area (Å²) in [7, 11) is 0. The summed E-state index contributed by atoms with van der Waals surface area (Å²) >= 11 is 0. The molecule has 1 saturated heterocycles. The number of hydrogen-bond donors (Lipinski definition) is 1. The molecule has 1 fully saturated rings. The molecule has 1 rings (SSSR count). The zero-order chi connectivity index (χ0) is 71.1. The monoisotopic (exact) mass is 1380 g/mol. The van der Waals surface area contributed by atoms with E-state index in [0.717, 1.165) is 116 Å². The van der Waals surface area contributed by atoms with Gasteiger partial charge in [-0.15, -0.1) is 0 Å². The SMILES string of the molecule is CCCCCCCCCC(C)OC(=O)CCCCCCC(=O)OCC(COC(=O)CCCCCCC(=O)OC(C)CCCCCCCCC)(COC(=O)CCCCCCC(=O)OC(C)CCCCCCCCC)COC(=O)CCC(CCCCCC)OC(=O)NCCN1CCCC1. The Labute approximate surface area is 590 Å². The van der Waals surface area contributed by atoms with E-state index in [-0.39, 0.29) is 68.3 Å². The van der Waals surface area contributed by atoms with Gasteiger partial charge in [-0.05, 0) is 143 Å². The molecule has 1 heterocycles. The lowest BCUT2D eigenvalue weighted by Crippen LogP contribution is -2.44. The number of esters is 7. The summed E-state index contributed by atoms with van der Waals surface area (Å²) in [5, 5.41) is 2.88. The van der Waals surface area contributed by atoms with Gasteiger partial charge in [0.25, 0.3) is 0 Å². The third-order valence-electron chi connectivity index (χ3n) is 18.6. The third kappa shape index (κ3) is 56.9. The zero-order valence-corrected chi connectivity index (χ0v) is 63.0. The third-order valence-corrected chi connectivity index (χ3v) is 18.6.